The standard InChI is InChI=1S/C15H13Br2F2N/c1-20-14(15-11(16)3-2-4-13(15)19)7-9-5-6-10(18)8-12(9)17/h2-6,8,14,20H,7H2,1H3. The summed E-state index contributed by atoms with van der Waals surface area (Å²) in [5.41, 5.74) is 1.49. The summed E-state index contributed by atoms with van der Waals surface area (Å²) in [4.78, 5) is 0. The smallest absolute Gasteiger partial charge is 0.129 e. The van der Waals surface area contributed by atoms with E-state index >= 15 is 0 Å². The maximum atomic E-state index is 14.0. The molecule has 2 aromatic carbocycles. The van der Waals surface area contributed by atoms with Crippen LogP contribution in [0.25, 0.3) is 0 Å². The first kappa shape index (κ1) is 15.6. The van der Waals surface area contributed by atoms with Gasteiger partial charge in [-0.15, -0.1) is 0 Å². The first-order valence-corrected chi connectivity index (χ1v) is 7.66. The highest BCUT2D eigenvalue weighted by atomic mass is 79.9. The largest absolute Gasteiger partial charge is 0.313 e. The molecule has 0 aliphatic carbocycles. The molecule has 0 bridgehead atoms. The Kier molecular flexibility index (Phi) is 5.29. The zero-order valence-electron chi connectivity index (χ0n) is 10.8. The summed E-state index contributed by atoms with van der Waals surface area (Å²) in [6, 6.07) is 9.23. The van der Waals surface area contributed by atoms with Crippen LogP contribution in [0.2, 0.25) is 0 Å². The molecular weight excluding hydrogens is 392 g/mol. The molecule has 20 heavy (non-hydrogen) atoms. The van der Waals surface area contributed by atoms with Gasteiger partial charge in [-0.05, 0) is 43.3 Å². The Hall–Kier alpha value is -0.780. The number of rotatable bonds is 4. The summed E-state index contributed by atoms with van der Waals surface area (Å²) >= 11 is 6.72. The Morgan fingerprint density at radius 2 is 1.85 bits per heavy atom. The van der Waals surface area contributed by atoms with E-state index in [9.17, 15) is 8.78 Å². The van der Waals surface area contributed by atoms with Crippen LogP contribution in [0.1, 0.15) is 17.2 Å². The Balaban J connectivity index is 2.34. The topological polar surface area (TPSA) is 12.0 Å². The van der Waals surface area contributed by atoms with E-state index in [2.05, 4.69) is 37.2 Å². The second-order valence-corrected chi connectivity index (χ2v) is 6.13. The minimum atomic E-state index is -0.297. The molecule has 0 aliphatic rings. The van der Waals surface area contributed by atoms with Crippen LogP contribution in [-0.4, -0.2) is 7.05 Å². The molecule has 1 atom stereocenters. The van der Waals surface area contributed by atoms with E-state index in [1.165, 1.54) is 18.2 Å². The summed E-state index contributed by atoms with van der Waals surface area (Å²) in [6.45, 7) is 0. The van der Waals surface area contributed by atoms with Gasteiger partial charge in [-0.25, -0.2) is 8.78 Å². The number of hydrogen-bond acceptors (Lipinski definition) is 1. The van der Waals surface area contributed by atoms with Gasteiger partial charge in [0, 0.05) is 20.6 Å². The molecular formula is C15H13Br2F2N. The van der Waals surface area contributed by atoms with E-state index in [-0.39, 0.29) is 17.7 Å². The molecule has 0 saturated heterocycles. The van der Waals surface area contributed by atoms with Crippen LogP contribution >= 0.6 is 31.9 Å². The number of nitrogens with one attached hydrogen (secondary N) is 1. The lowest BCUT2D eigenvalue weighted by atomic mass is 9.98. The lowest BCUT2D eigenvalue weighted by Gasteiger charge is -2.19. The van der Waals surface area contributed by atoms with Gasteiger partial charge in [0.15, 0.2) is 0 Å². The lowest BCUT2D eigenvalue weighted by Crippen LogP contribution is -2.21. The van der Waals surface area contributed by atoms with E-state index in [0.29, 0.717) is 16.5 Å². The van der Waals surface area contributed by atoms with Crippen molar-refractivity contribution in [1.82, 2.24) is 5.32 Å². The van der Waals surface area contributed by atoms with Crippen LogP contribution in [0.3, 0.4) is 0 Å². The predicted molar refractivity (Wildman–Crippen MR) is 83.7 cm³/mol. The molecule has 1 unspecified atom stereocenters. The van der Waals surface area contributed by atoms with Crippen molar-refractivity contribution in [3.8, 4) is 0 Å². The number of hydrogen-bond donors (Lipinski definition) is 1. The molecule has 2 aromatic rings. The first-order valence-electron chi connectivity index (χ1n) is 6.08. The van der Waals surface area contributed by atoms with Gasteiger partial charge in [0.05, 0.1) is 0 Å². The average Bonchev–Trinajstić information content (AvgIpc) is 2.39. The van der Waals surface area contributed by atoms with Crippen molar-refractivity contribution in [2.45, 2.75) is 12.5 Å². The van der Waals surface area contributed by atoms with Crippen LogP contribution in [-0.2, 0) is 6.42 Å². The summed E-state index contributed by atoms with van der Waals surface area (Å²) in [6.07, 6.45) is 0.552. The predicted octanol–water partition coefficient (Wildman–Crippen LogP) is 4.99. The zero-order valence-corrected chi connectivity index (χ0v) is 13.9. The quantitative estimate of drug-likeness (QED) is 0.756. The van der Waals surface area contributed by atoms with Crippen molar-refractivity contribution in [3.05, 3.63) is 68.1 Å². The minimum Gasteiger partial charge on any atom is -0.313 e. The van der Waals surface area contributed by atoms with Crippen molar-refractivity contribution in [2.75, 3.05) is 7.05 Å². The van der Waals surface area contributed by atoms with Crippen molar-refractivity contribution in [1.29, 1.82) is 0 Å². The Morgan fingerprint density at radius 3 is 2.45 bits per heavy atom. The third kappa shape index (κ3) is 3.45. The molecule has 0 aliphatic heterocycles. The molecule has 0 radical (unpaired) electrons. The Morgan fingerprint density at radius 1 is 1.10 bits per heavy atom. The van der Waals surface area contributed by atoms with Crippen LogP contribution in [0.15, 0.2) is 45.3 Å². The van der Waals surface area contributed by atoms with Crippen molar-refractivity contribution in [2.24, 2.45) is 0 Å². The van der Waals surface area contributed by atoms with Crippen LogP contribution in [0, 0.1) is 11.6 Å². The molecule has 1 N–H and O–H groups in total. The third-order valence-electron chi connectivity index (χ3n) is 3.14. The second kappa shape index (κ2) is 6.78. The molecule has 1 nitrogen and oxygen atoms in total. The van der Waals surface area contributed by atoms with Crippen LogP contribution in [0.4, 0.5) is 8.78 Å². The van der Waals surface area contributed by atoms with Gasteiger partial charge in [0.25, 0.3) is 0 Å². The fourth-order valence-corrected chi connectivity index (χ4v) is 3.23. The summed E-state index contributed by atoms with van der Waals surface area (Å²) in [7, 11) is 1.78. The van der Waals surface area contributed by atoms with Crippen molar-refractivity contribution < 1.29 is 8.78 Å². The zero-order chi connectivity index (χ0) is 14.7. The monoisotopic (exact) mass is 403 g/mol. The third-order valence-corrected chi connectivity index (χ3v) is 4.57. The maximum Gasteiger partial charge on any atom is 0.129 e. The molecule has 0 saturated carbocycles. The maximum absolute atomic E-state index is 14.0. The highest BCUT2D eigenvalue weighted by Crippen LogP contribution is 2.30. The van der Waals surface area contributed by atoms with Gasteiger partial charge in [0.2, 0.25) is 0 Å². The molecule has 2 rings (SSSR count). The van der Waals surface area contributed by atoms with E-state index in [1.54, 1.807) is 19.2 Å². The number of benzene rings is 2. The minimum absolute atomic E-state index is 0.202. The fraction of sp³-hybridized carbons (Fsp3) is 0.200. The normalized spacial score (nSPS) is 12.4. The highest BCUT2D eigenvalue weighted by molar-refractivity contribution is 9.10. The second-order valence-electron chi connectivity index (χ2n) is 4.42. The van der Waals surface area contributed by atoms with Gasteiger partial charge in [0.1, 0.15) is 11.6 Å². The Labute approximate surface area is 133 Å². The number of likely N-dealkylation sites (N-methyl/N-ethyl adjacent to an activating group) is 1. The molecule has 106 valence electrons. The fourth-order valence-electron chi connectivity index (χ4n) is 2.10. The summed E-state index contributed by atoms with van der Waals surface area (Å²) in [5, 5.41) is 3.11. The van der Waals surface area contributed by atoms with Gasteiger partial charge in [-0.3, -0.25) is 0 Å². The van der Waals surface area contributed by atoms with Crippen molar-refractivity contribution in [3.63, 3.8) is 0 Å². The van der Waals surface area contributed by atoms with Crippen LogP contribution in [0.5, 0.6) is 0 Å². The van der Waals surface area contributed by atoms with E-state index in [1.807, 2.05) is 6.07 Å². The molecule has 0 fully saturated rings. The van der Waals surface area contributed by atoms with Gasteiger partial charge in [-0.1, -0.05) is 44.0 Å². The molecule has 5 heteroatoms. The van der Waals surface area contributed by atoms with E-state index in [4.69, 9.17) is 0 Å². The van der Waals surface area contributed by atoms with Gasteiger partial charge in [-0.2, -0.15) is 0 Å². The van der Waals surface area contributed by atoms with Gasteiger partial charge >= 0.3 is 0 Å². The van der Waals surface area contributed by atoms with Crippen LogP contribution < -0.4 is 5.32 Å². The summed E-state index contributed by atoms with van der Waals surface area (Å²) < 4.78 is 28.5. The molecule has 0 amide bonds. The molecule has 0 heterocycles. The SMILES string of the molecule is CNC(Cc1ccc(F)cc1Br)c1c(F)cccc1Br. The van der Waals surface area contributed by atoms with E-state index < -0.39 is 0 Å². The lowest BCUT2D eigenvalue weighted by molar-refractivity contribution is 0.530. The highest BCUT2D eigenvalue weighted by Gasteiger charge is 2.18. The average molecular weight is 405 g/mol. The van der Waals surface area contributed by atoms with E-state index in [0.717, 1.165) is 10.0 Å². The van der Waals surface area contributed by atoms with Gasteiger partial charge < -0.3 is 5.32 Å². The Bertz CT molecular complexity index is 597. The molecule has 0 spiro atoms. The van der Waals surface area contributed by atoms with Crippen molar-refractivity contribution >= 4 is 31.9 Å². The number of halogens is 4. The summed E-state index contributed by atoms with van der Waals surface area (Å²) in [5.74, 6) is -0.564. The first-order chi connectivity index (χ1) is 9.52. The molecule has 0 aromatic heterocycles.